The van der Waals surface area contributed by atoms with Crippen LogP contribution in [0, 0.1) is 0 Å². The van der Waals surface area contributed by atoms with Crippen molar-refractivity contribution in [3.05, 3.63) is 23.8 Å². The van der Waals surface area contributed by atoms with E-state index >= 15 is 0 Å². The number of phenolic OH excluding ortho intramolecular Hbond substituents is 2. The first-order valence-corrected chi connectivity index (χ1v) is 7.30. The third-order valence-electron chi connectivity index (χ3n) is 4.29. The number of hydrogen-bond acceptors (Lipinski definition) is 4. The van der Waals surface area contributed by atoms with Crippen LogP contribution in [0.3, 0.4) is 0 Å². The van der Waals surface area contributed by atoms with E-state index in [1.54, 1.807) is 18.2 Å². The zero-order valence-corrected chi connectivity index (χ0v) is 12.9. The average molecular weight is 278 g/mol. The molecule has 0 spiro atoms. The summed E-state index contributed by atoms with van der Waals surface area (Å²) < 4.78 is 0. The number of piperazine rings is 1. The Morgan fingerprint density at radius 3 is 1.95 bits per heavy atom. The van der Waals surface area contributed by atoms with E-state index in [1.807, 2.05) is 6.92 Å². The number of aromatic hydroxyl groups is 2. The lowest BCUT2D eigenvalue weighted by atomic mass is 10.0. The maximum absolute atomic E-state index is 9.98. The molecule has 0 amide bonds. The zero-order chi connectivity index (χ0) is 14.9. The van der Waals surface area contributed by atoms with Crippen LogP contribution in [0.2, 0.25) is 0 Å². The van der Waals surface area contributed by atoms with Gasteiger partial charge in [-0.05, 0) is 39.8 Å². The van der Waals surface area contributed by atoms with Gasteiger partial charge in [-0.1, -0.05) is 6.07 Å². The molecular formula is C16H26N2O2. The van der Waals surface area contributed by atoms with Crippen molar-refractivity contribution in [3.8, 4) is 11.5 Å². The van der Waals surface area contributed by atoms with E-state index in [2.05, 4.69) is 30.6 Å². The Morgan fingerprint density at radius 1 is 1.00 bits per heavy atom. The second-order valence-electron chi connectivity index (χ2n) is 6.58. The molecule has 1 aliphatic heterocycles. The van der Waals surface area contributed by atoms with Crippen LogP contribution in [0.5, 0.6) is 11.5 Å². The highest BCUT2D eigenvalue weighted by atomic mass is 16.3. The van der Waals surface area contributed by atoms with E-state index in [1.165, 1.54) is 0 Å². The van der Waals surface area contributed by atoms with Crippen molar-refractivity contribution in [1.29, 1.82) is 0 Å². The average Bonchev–Trinajstić information content (AvgIpc) is 2.37. The van der Waals surface area contributed by atoms with Gasteiger partial charge in [-0.3, -0.25) is 9.80 Å². The predicted octanol–water partition coefficient (Wildman–Crippen LogP) is 2.57. The van der Waals surface area contributed by atoms with E-state index in [4.69, 9.17) is 0 Å². The van der Waals surface area contributed by atoms with Gasteiger partial charge in [0.05, 0.1) is 5.56 Å². The fourth-order valence-electron chi connectivity index (χ4n) is 2.93. The second-order valence-corrected chi connectivity index (χ2v) is 6.58. The predicted molar refractivity (Wildman–Crippen MR) is 81.1 cm³/mol. The summed E-state index contributed by atoms with van der Waals surface area (Å²) >= 11 is 0. The van der Waals surface area contributed by atoms with Gasteiger partial charge in [-0.15, -0.1) is 0 Å². The van der Waals surface area contributed by atoms with E-state index in [0.717, 1.165) is 26.2 Å². The fourth-order valence-corrected chi connectivity index (χ4v) is 2.93. The molecule has 1 saturated heterocycles. The first kappa shape index (κ1) is 15.1. The van der Waals surface area contributed by atoms with Crippen molar-refractivity contribution in [2.24, 2.45) is 0 Å². The molecule has 1 atom stereocenters. The maximum Gasteiger partial charge on any atom is 0.124 e. The molecule has 0 radical (unpaired) electrons. The third-order valence-corrected chi connectivity index (χ3v) is 4.29. The Balaban J connectivity index is 2.07. The number of hydrogen-bond donors (Lipinski definition) is 2. The Kier molecular flexibility index (Phi) is 4.25. The molecule has 0 aliphatic carbocycles. The van der Waals surface area contributed by atoms with Crippen LogP contribution in [0.1, 0.15) is 39.3 Å². The summed E-state index contributed by atoms with van der Waals surface area (Å²) in [4.78, 5) is 4.79. The summed E-state index contributed by atoms with van der Waals surface area (Å²) in [6, 6.07) is 4.96. The quantitative estimate of drug-likeness (QED) is 0.873. The summed E-state index contributed by atoms with van der Waals surface area (Å²) in [5.74, 6) is 0.353. The normalized spacial score (nSPS) is 20.0. The molecule has 2 N–H and O–H groups in total. The lowest BCUT2D eigenvalue weighted by Gasteiger charge is -2.44. The maximum atomic E-state index is 9.98. The summed E-state index contributed by atoms with van der Waals surface area (Å²) in [5.41, 5.74) is 0.837. The molecule has 1 unspecified atom stereocenters. The smallest absolute Gasteiger partial charge is 0.124 e. The second kappa shape index (κ2) is 5.62. The lowest BCUT2D eigenvalue weighted by molar-refractivity contribution is 0.0444. The minimum Gasteiger partial charge on any atom is -0.507 e. The molecule has 4 heteroatoms. The third kappa shape index (κ3) is 3.07. The van der Waals surface area contributed by atoms with E-state index in [0.29, 0.717) is 5.56 Å². The highest BCUT2D eigenvalue weighted by Gasteiger charge is 2.29. The van der Waals surface area contributed by atoms with Gasteiger partial charge in [0.1, 0.15) is 11.5 Å². The molecule has 1 heterocycles. The number of nitrogens with zero attached hydrogens (tertiary/aromatic N) is 2. The van der Waals surface area contributed by atoms with Crippen molar-refractivity contribution in [3.63, 3.8) is 0 Å². The summed E-state index contributed by atoms with van der Waals surface area (Å²) in [6.45, 7) is 12.7. The molecule has 112 valence electrons. The van der Waals surface area contributed by atoms with Crippen molar-refractivity contribution in [1.82, 2.24) is 9.80 Å². The highest BCUT2D eigenvalue weighted by molar-refractivity contribution is 5.45. The van der Waals surface area contributed by atoms with Gasteiger partial charge in [0, 0.05) is 37.8 Å². The topological polar surface area (TPSA) is 46.9 Å². The van der Waals surface area contributed by atoms with Crippen LogP contribution >= 0.6 is 0 Å². The van der Waals surface area contributed by atoms with Crippen LogP contribution < -0.4 is 0 Å². The Hall–Kier alpha value is -1.26. The molecular weight excluding hydrogens is 252 g/mol. The molecule has 1 aromatic rings. The Morgan fingerprint density at radius 2 is 1.50 bits per heavy atom. The lowest BCUT2D eigenvalue weighted by Crippen LogP contribution is -2.53. The van der Waals surface area contributed by atoms with Crippen LogP contribution in [0.15, 0.2) is 18.2 Å². The van der Waals surface area contributed by atoms with E-state index in [-0.39, 0.29) is 23.1 Å². The molecule has 4 nitrogen and oxygen atoms in total. The molecule has 0 bridgehead atoms. The van der Waals surface area contributed by atoms with Crippen LogP contribution in [-0.2, 0) is 0 Å². The SMILES string of the molecule is CC(c1c(O)cccc1O)N1CCN(C(C)(C)C)CC1. The fraction of sp³-hybridized carbons (Fsp3) is 0.625. The molecule has 20 heavy (non-hydrogen) atoms. The highest BCUT2D eigenvalue weighted by Crippen LogP contribution is 2.36. The minimum absolute atomic E-state index is 0.0262. The van der Waals surface area contributed by atoms with Gasteiger partial charge in [0.15, 0.2) is 0 Å². The van der Waals surface area contributed by atoms with Crippen molar-refractivity contribution in [2.45, 2.75) is 39.3 Å². The summed E-state index contributed by atoms with van der Waals surface area (Å²) in [7, 11) is 0. The van der Waals surface area contributed by atoms with Gasteiger partial charge >= 0.3 is 0 Å². The summed E-state index contributed by atoms with van der Waals surface area (Å²) in [5, 5.41) is 20.0. The number of benzene rings is 1. The van der Waals surface area contributed by atoms with E-state index < -0.39 is 0 Å². The minimum atomic E-state index is 0.0262. The molecule has 1 aliphatic rings. The standard InChI is InChI=1S/C16H26N2O2/c1-12(15-13(19)6-5-7-14(15)20)17-8-10-18(11-9-17)16(2,3)4/h5-7,12,19-20H,8-11H2,1-4H3. The van der Waals surface area contributed by atoms with Gasteiger partial charge < -0.3 is 10.2 Å². The molecule has 0 aromatic heterocycles. The molecule has 0 saturated carbocycles. The Bertz CT molecular complexity index is 440. The molecule has 1 fully saturated rings. The van der Waals surface area contributed by atoms with Crippen LogP contribution in [-0.4, -0.2) is 51.7 Å². The first-order valence-electron chi connectivity index (χ1n) is 7.30. The molecule has 1 aromatic carbocycles. The monoisotopic (exact) mass is 278 g/mol. The van der Waals surface area contributed by atoms with Gasteiger partial charge in [0.25, 0.3) is 0 Å². The summed E-state index contributed by atoms with van der Waals surface area (Å²) in [6.07, 6.45) is 0. The van der Waals surface area contributed by atoms with Crippen molar-refractivity contribution in [2.75, 3.05) is 26.2 Å². The van der Waals surface area contributed by atoms with Gasteiger partial charge in [0.2, 0.25) is 0 Å². The van der Waals surface area contributed by atoms with Gasteiger partial charge in [-0.2, -0.15) is 0 Å². The Labute approximate surface area is 121 Å². The van der Waals surface area contributed by atoms with Crippen molar-refractivity contribution >= 4 is 0 Å². The first-order chi connectivity index (χ1) is 9.30. The van der Waals surface area contributed by atoms with Gasteiger partial charge in [-0.25, -0.2) is 0 Å². The van der Waals surface area contributed by atoms with Crippen LogP contribution in [0.25, 0.3) is 0 Å². The van der Waals surface area contributed by atoms with Crippen molar-refractivity contribution < 1.29 is 10.2 Å². The van der Waals surface area contributed by atoms with Crippen LogP contribution in [0.4, 0.5) is 0 Å². The molecule has 2 rings (SSSR count). The zero-order valence-electron chi connectivity index (χ0n) is 12.9. The largest absolute Gasteiger partial charge is 0.507 e. The number of rotatable bonds is 2. The van der Waals surface area contributed by atoms with E-state index in [9.17, 15) is 10.2 Å². The number of phenols is 2.